The molecular formula is C17H16N4O2. The standard InChI is InChI=1S/C17H16N4O2/c1-10-15(22)8-7-12(16(10)23)9-18-21-17-11(2)19-13-5-3-4-6-14(13)20-17/h3-9,22-23H,1-2H3,(H,20,21)/b18-9+. The number of hydrogen-bond donors (Lipinski definition) is 3. The fourth-order valence-electron chi connectivity index (χ4n) is 2.17. The summed E-state index contributed by atoms with van der Waals surface area (Å²) in [5.74, 6) is 0.593. The Kier molecular flexibility index (Phi) is 3.80. The number of anilines is 1. The number of para-hydroxylation sites is 2. The number of fused-ring (bicyclic) bond motifs is 1. The SMILES string of the molecule is Cc1nc2ccccc2nc1N/N=C/c1ccc(O)c(C)c1O. The lowest BCUT2D eigenvalue weighted by Crippen LogP contribution is -1.99. The van der Waals surface area contributed by atoms with Gasteiger partial charge in [-0.3, -0.25) is 5.43 Å². The van der Waals surface area contributed by atoms with Gasteiger partial charge in [0.2, 0.25) is 0 Å². The summed E-state index contributed by atoms with van der Waals surface area (Å²) < 4.78 is 0. The Morgan fingerprint density at radius 3 is 2.43 bits per heavy atom. The van der Waals surface area contributed by atoms with Crippen molar-refractivity contribution in [3.8, 4) is 11.5 Å². The molecule has 0 aliphatic rings. The molecule has 3 rings (SSSR count). The van der Waals surface area contributed by atoms with Gasteiger partial charge < -0.3 is 10.2 Å². The van der Waals surface area contributed by atoms with Crippen LogP contribution in [0.5, 0.6) is 11.5 Å². The molecule has 0 spiro atoms. The summed E-state index contributed by atoms with van der Waals surface area (Å²) in [6, 6.07) is 10.7. The van der Waals surface area contributed by atoms with Gasteiger partial charge in [0, 0.05) is 11.1 Å². The van der Waals surface area contributed by atoms with E-state index in [1.807, 2.05) is 31.2 Å². The number of hydrogen-bond acceptors (Lipinski definition) is 6. The molecule has 0 saturated heterocycles. The molecule has 0 radical (unpaired) electrons. The van der Waals surface area contributed by atoms with E-state index in [1.54, 1.807) is 13.0 Å². The Balaban J connectivity index is 1.86. The number of aryl methyl sites for hydroxylation is 1. The van der Waals surface area contributed by atoms with Gasteiger partial charge in [0.25, 0.3) is 0 Å². The van der Waals surface area contributed by atoms with Crippen LogP contribution in [0.1, 0.15) is 16.8 Å². The summed E-state index contributed by atoms with van der Waals surface area (Å²) in [6.07, 6.45) is 1.47. The van der Waals surface area contributed by atoms with E-state index in [4.69, 9.17) is 0 Å². The van der Waals surface area contributed by atoms with Crippen LogP contribution in [0, 0.1) is 13.8 Å². The van der Waals surface area contributed by atoms with Gasteiger partial charge >= 0.3 is 0 Å². The fourth-order valence-corrected chi connectivity index (χ4v) is 2.17. The first-order valence-corrected chi connectivity index (χ1v) is 7.10. The van der Waals surface area contributed by atoms with Crippen LogP contribution < -0.4 is 5.43 Å². The zero-order valence-corrected chi connectivity index (χ0v) is 12.8. The topological polar surface area (TPSA) is 90.6 Å². The van der Waals surface area contributed by atoms with Crippen LogP contribution >= 0.6 is 0 Å². The fraction of sp³-hybridized carbons (Fsp3) is 0.118. The number of benzene rings is 2. The second-order valence-corrected chi connectivity index (χ2v) is 5.16. The van der Waals surface area contributed by atoms with E-state index in [0.29, 0.717) is 16.9 Å². The molecular weight excluding hydrogens is 292 g/mol. The first-order valence-electron chi connectivity index (χ1n) is 7.10. The maximum atomic E-state index is 9.96. The van der Waals surface area contributed by atoms with Crippen molar-refractivity contribution in [2.45, 2.75) is 13.8 Å². The van der Waals surface area contributed by atoms with E-state index in [2.05, 4.69) is 20.5 Å². The van der Waals surface area contributed by atoms with Crippen molar-refractivity contribution in [1.82, 2.24) is 9.97 Å². The van der Waals surface area contributed by atoms with E-state index in [9.17, 15) is 10.2 Å². The maximum absolute atomic E-state index is 9.96. The highest BCUT2D eigenvalue weighted by Crippen LogP contribution is 2.28. The summed E-state index contributed by atoms with van der Waals surface area (Å²) in [4.78, 5) is 8.93. The number of phenolic OH excluding ortho intramolecular Hbond substituents is 2. The van der Waals surface area contributed by atoms with Crippen molar-refractivity contribution in [2.75, 3.05) is 5.43 Å². The second-order valence-electron chi connectivity index (χ2n) is 5.16. The largest absolute Gasteiger partial charge is 0.508 e. The van der Waals surface area contributed by atoms with Gasteiger partial charge in [0.15, 0.2) is 5.82 Å². The Morgan fingerprint density at radius 2 is 1.70 bits per heavy atom. The van der Waals surface area contributed by atoms with E-state index >= 15 is 0 Å². The predicted molar refractivity (Wildman–Crippen MR) is 90.0 cm³/mol. The first kappa shape index (κ1) is 14.8. The molecule has 3 N–H and O–H groups in total. The normalized spacial score (nSPS) is 11.2. The van der Waals surface area contributed by atoms with Gasteiger partial charge in [-0.25, -0.2) is 9.97 Å². The molecule has 0 bridgehead atoms. The molecule has 0 amide bonds. The van der Waals surface area contributed by atoms with Crippen LogP contribution in [0.2, 0.25) is 0 Å². The van der Waals surface area contributed by atoms with Crippen LogP contribution in [0.4, 0.5) is 5.82 Å². The second kappa shape index (κ2) is 5.92. The third-order valence-corrected chi connectivity index (χ3v) is 3.55. The molecule has 0 fully saturated rings. The molecule has 3 aromatic rings. The van der Waals surface area contributed by atoms with Gasteiger partial charge in [-0.1, -0.05) is 12.1 Å². The van der Waals surface area contributed by atoms with Crippen molar-refractivity contribution in [3.05, 3.63) is 53.2 Å². The van der Waals surface area contributed by atoms with Gasteiger partial charge in [0.1, 0.15) is 11.5 Å². The Labute approximate surface area is 133 Å². The van der Waals surface area contributed by atoms with Crippen molar-refractivity contribution in [1.29, 1.82) is 0 Å². The molecule has 1 aromatic heterocycles. The molecule has 1 heterocycles. The molecule has 0 saturated carbocycles. The van der Waals surface area contributed by atoms with Crippen molar-refractivity contribution in [2.24, 2.45) is 5.10 Å². The Hall–Kier alpha value is -3.15. The quantitative estimate of drug-likeness (QED) is 0.511. The van der Waals surface area contributed by atoms with Crippen molar-refractivity contribution in [3.63, 3.8) is 0 Å². The Bertz CT molecular complexity index is 906. The molecule has 23 heavy (non-hydrogen) atoms. The van der Waals surface area contributed by atoms with Crippen LogP contribution in [0.3, 0.4) is 0 Å². The first-order chi connectivity index (χ1) is 11.1. The summed E-state index contributed by atoms with van der Waals surface area (Å²) in [5.41, 5.74) is 6.08. The van der Waals surface area contributed by atoms with Crippen molar-refractivity contribution >= 4 is 23.1 Å². The van der Waals surface area contributed by atoms with Crippen LogP contribution in [0.25, 0.3) is 11.0 Å². The monoisotopic (exact) mass is 308 g/mol. The molecule has 0 aliphatic heterocycles. The number of aromatic nitrogens is 2. The minimum atomic E-state index is -0.00290. The zero-order valence-electron chi connectivity index (χ0n) is 12.8. The molecule has 6 nitrogen and oxygen atoms in total. The molecule has 116 valence electrons. The van der Waals surface area contributed by atoms with Crippen LogP contribution in [-0.4, -0.2) is 26.4 Å². The van der Waals surface area contributed by atoms with Gasteiger partial charge in [-0.2, -0.15) is 5.10 Å². The lowest BCUT2D eigenvalue weighted by molar-refractivity contribution is 0.443. The smallest absolute Gasteiger partial charge is 0.168 e. The number of hydrazone groups is 1. The predicted octanol–water partition coefficient (Wildman–Crippen LogP) is 3.10. The van der Waals surface area contributed by atoms with Crippen molar-refractivity contribution < 1.29 is 10.2 Å². The van der Waals surface area contributed by atoms with Crippen LogP contribution in [-0.2, 0) is 0 Å². The van der Waals surface area contributed by atoms with E-state index < -0.39 is 0 Å². The third kappa shape index (κ3) is 2.91. The molecule has 6 heteroatoms. The number of nitrogens with one attached hydrogen (secondary N) is 1. The third-order valence-electron chi connectivity index (χ3n) is 3.55. The number of phenols is 2. The summed E-state index contributed by atoms with van der Waals surface area (Å²) >= 11 is 0. The minimum absolute atomic E-state index is 0.00290. The molecule has 0 atom stereocenters. The minimum Gasteiger partial charge on any atom is -0.508 e. The summed E-state index contributed by atoms with van der Waals surface area (Å²) in [6.45, 7) is 3.48. The van der Waals surface area contributed by atoms with Gasteiger partial charge in [-0.05, 0) is 38.1 Å². The zero-order chi connectivity index (χ0) is 16.4. The summed E-state index contributed by atoms with van der Waals surface area (Å²) in [7, 11) is 0. The Morgan fingerprint density at radius 1 is 1.00 bits per heavy atom. The number of nitrogens with zero attached hydrogens (tertiary/aromatic N) is 3. The summed E-state index contributed by atoms with van der Waals surface area (Å²) in [5, 5.41) is 23.6. The molecule has 2 aromatic carbocycles. The highest BCUT2D eigenvalue weighted by Gasteiger charge is 2.07. The van der Waals surface area contributed by atoms with E-state index in [0.717, 1.165) is 16.7 Å². The molecule has 0 aliphatic carbocycles. The van der Waals surface area contributed by atoms with Gasteiger partial charge in [0.05, 0.1) is 22.9 Å². The lowest BCUT2D eigenvalue weighted by Gasteiger charge is -2.06. The van der Waals surface area contributed by atoms with E-state index in [-0.39, 0.29) is 11.5 Å². The average molecular weight is 308 g/mol. The van der Waals surface area contributed by atoms with Gasteiger partial charge in [-0.15, -0.1) is 0 Å². The maximum Gasteiger partial charge on any atom is 0.168 e. The van der Waals surface area contributed by atoms with E-state index in [1.165, 1.54) is 12.3 Å². The number of rotatable bonds is 3. The molecule has 0 unspecified atom stereocenters. The lowest BCUT2D eigenvalue weighted by atomic mass is 10.1. The number of aromatic hydroxyl groups is 2. The highest BCUT2D eigenvalue weighted by atomic mass is 16.3. The van der Waals surface area contributed by atoms with Crippen LogP contribution in [0.15, 0.2) is 41.5 Å². The average Bonchev–Trinajstić information content (AvgIpc) is 2.55. The highest BCUT2D eigenvalue weighted by molar-refractivity contribution is 5.85.